The minimum Gasteiger partial charge on any atom is -0.497 e. The highest BCUT2D eigenvalue weighted by Gasteiger charge is 2.28. The fourth-order valence-electron chi connectivity index (χ4n) is 2.20. The third-order valence-corrected chi connectivity index (χ3v) is 6.32. The molecule has 0 bridgehead atoms. The molecule has 1 aromatic rings. The molecule has 4 nitrogen and oxygen atoms in total. The molecule has 19 heavy (non-hydrogen) atoms. The van der Waals surface area contributed by atoms with E-state index in [1.165, 1.54) is 0 Å². The number of piperidine rings is 1. The van der Waals surface area contributed by atoms with Gasteiger partial charge in [-0.25, -0.2) is 8.42 Å². The van der Waals surface area contributed by atoms with Crippen LogP contribution in [0.1, 0.15) is 12.8 Å². The first-order chi connectivity index (χ1) is 9.07. The molecule has 0 aliphatic carbocycles. The summed E-state index contributed by atoms with van der Waals surface area (Å²) >= 11 is 3.46. The number of nitrogens with zero attached hydrogens (tertiary/aromatic N) is 1. The van der Waals surface area contributed by atoms with Crippen LogP contribution in [0.5, 0.6) is 5.75 Å². The molecule has 1 fully saturated rings. The van der Waals surface area contributed by atoms with Crippen LogP contribution in [0.15, 0.2) is 29.2 Å². The molecular weight excluding hydrogens is 330 g/mol. The van der Waals surface area contributed by atoms with E-state index in [9.17, 15) is 8.42 Å². The maximum atomic E-state index is 12.5. The molecule has 1 heterocycles. The van der Waals surface area contributed by atoms with Crippen LogP contribution in [0.4, 0.5) is 0 Å². The van der Waals surface area contributed by atoms with E-state index >= 15 is 0 Å². The fourth-order valence-corrected chi connectivity index (χ4v) is 4.32. The molecule has 0 amide bonds. The first-order valence-electron chi connectivity index (χ1n) is 6.28. The summed E-state index contributed by atoms with van der Waals surface area (Å²) in [7, 11) is -1.79. The normalized spacial score (nSPS) is 18.4. The Morgan fingerprint density at radius 1 is 1.26 bits per heavy atom. The van der Waals surface area contributed by atoms with Gasteiger partial charge in [0.2, 0.25) is 10.0 Å². The van der Waals surface area contributed by atoms with Crippen molar-refractivity contribution in [1.29, 1.82) is 0 Å². The number of hydrogen-bond donors (Lipinski definition) is 0. The van der Waals surface area contributed by atoms with Crippen LogP contribution in [0.25, 0.3) is 0 Å². The molecule has 6 heteroatoms. The molecule has 106 valence electrons. The number of ether oxygens (including phenoxy) is 1. The van der Waals surface area contributed by atoms with Gasteiger partial charge in [0.25, 0.3) is 0 Å². The third-order valence-electron chi connectivity index (χ3n) is 3.49. The molecule has 0 N–H and O–H groups in total. The minimum absolute atomic E-state index is 0.339. The van der Waals surface area contributed by atoms with Crippen LogP contribution in [-0.4, -0.2) is 38.3 Å². The van der Waals surface area contributed by atoms with E-state index in [1.54, 1.807) is 35.7 Å². The van der Waals surface area contributed by atoms with E-state index in [0.717, 1.165) is 18.2 Å². The summed E-state index contributed by atoms with van der Waals surface area (Å²) in [6, 6.07) is 6.56. The number of rotatable bonds is 4. The molecule has 0 aromatic heterocycles. The summed E-state index contributed by atoms with van der Waals surface area (Å²) in [5.41, 5.74) is 0. The molecule has 1 saturated heterocycles. The predicted octanol–water partition coefficient (Wildman–Crippen LogP) is 2.49. The highest BCUT2D eigenvalue weighted by atomic mass is 79.9. The predicted molar refractivity (Wildman–Crippen MR) is 78.3 cm³/mol. The van der Waals surface area contributed by atoms with E-state index in [2.05, 4.69) is 15.9 Å². The lowest BCUT2D eigenvalue weighted by Gasteiger charge is -2.30. The number of benzene rings is 1. The van der Waals surface area contributed by atoms with Crippen molar-refractivity contribution in [3.8, 4) is 5.75 Å². The van der Waals surface area contributed by atoms with Gasteiger partial charge in [-0.1, -0.05) is 15.9 Å². The lowest BCUT2D eigenvalue weighted by atomic mass is 10.0. The van der Waals surface area contributed by atoms with Gasteiger partial charge in [0.05, 0.1) is 12.0 Å². The van der Waals surface area contributed by atoms with Crippen LogP contribution in [0.3, 0.4) is 0 Å². The lowest BCUT2D eigenvalue weighted by molar-refractivity contribution is 0.292. The molecule has 1 aliphatic heterocycles. The van der Waals surface area contributed by atoms with E-state index in [-0.39, 0.29) is 0 Å². The second-order valence-corrected chi connectivity index (χ2v) is 7.26. The summed E-state index contributed by atoms with van der Waals surface area (Å²) in [6.07, 6.45) is 1.83. The van der Waals surface area contributed by atoms with Gasteiger partial charge in [-0.05, 0) is 43.0 Å². The highest BCUT2D eigenvalue weighted by molar-refractivity contribution is 9.09. The number of sulfonamides is 1. The zero-order valence-corrected chi connectivity index (χ0v) is 13.3. The Balaban J connectivity index is 2.13. The van der Waals surface area contributed by atoms with Gasteiger partial charge in [-0.15, -0.1) is 0 Å². The first kappa shape index (κ1) is 14.8. The lowest BCUT2D eigenvalue weighted by Crippen LogP contribution is -2.38. The van der Waals surface area contributed by atoms with E-state index in [1.807, 2.05) is 0 Å². The largest absolute Gasteiger partial charge is 0.497 e. The van der Waals surface area contributed by atoms with Crippen molar-refractivity contribution in [2.24, 2.45) is 5.92 Å². The van der Waals surface area contributed by atoms with Gasteiger partial charge >= 0.3 is 0 Å². The second-order valence-electron chi connectivity index (χ2n) is 4.68. The van der Waals surface area contributed by atoms with Crippen molar-refractivity contribution in [2.75, 3.05) is 25.5 Å². The molecule has 0 spiro atoms. The van der Waals surface area contributed by atoms with Crippen LogP contribution in [0, 0.1) is 5.92 Å². The van der Waals surface area contributed by atoms with E-state index < -0.39 is 10.0 Å². The Morgan fingerprint density at radius 3 is 2.32 bits per heavy atom. The van der Waals surface area contributed by atoms with Crippen molar-refractivity contribution in [3.63, 3.8) is 0 Å². The van der Waals surface area contributed by atoms with E-state index in [4.69, 9.17) is 4.74 Å². The Morgan fingerprint density at radius 2 is 1.84 bits per heavy atom. The Hall–Kier alpha value is -0.590. The minimum atomic E-state index is -3.36. The molecule has 0 atom stereocenters. The second kappa shape index (κ2) is 6.24. The highest BCUT2D eigenvalue weighted by Crippen LogP contribution is 2.25. The summed E-state index contributed by atoms with van der Waals surface area (Å²) in [5, 5.41) is 0.948. The third kappa shape index (κ3) is 3.30. The van der Waals surface area contributed by atoms with E-state index in [0.29, 0.717) is 29.7 Å². The van der Waals surface area contributed by atoms with Crippen molar-refractivity contribution in [3.05, 3.63) is 24.3 Å². The summed E-state index contributed by atoms with van der Waals surface area (Å²) < 4.78 is 31.5. The summed E-state index contributed by atoms with van der Waals surface area (Å²) in [4.78, 5) is 0.339. The van der Waals surface area contributed by atoms with Gasteiger partial charge in [-0.3, -0.25) is 0 Å². The molecule has 0 radical (unpaired) electrons. The van der Waals surface area contributed by atoms with Crippen LogP contribution >= 0.6 is 15.9 Å². The van der Waals surface area contributed by atoms with Gasteiger partial charge < -0.3 is 4.74 Å². The zero-order chi connectivity index (χ0) is 13.9. The van der Waals surface area contributed by atoms with Gasteiger partial charge in [-0.2, -0.15) is 4.31 Å². The average molecular weight is 348 g/mol. The molecular formula is C13H18BrNO3S. The van der Waals surface area contributed by atoms with Crippen LogP contribution in [-0.2, 0) is 10.0 Å². The summed E-state index contributed by atoms with van der Waals surface area (Å²) in [5.74, 6) is 1.25. The number of hydrogen-bond acceptors (Lipinski definition) is 3. The quantitative estimate of drug-likeness (QED) is 0.786. The van der Waals surface area contributed by atoms with Gasteiger partial charge in [0.1, 0.15) is 5.75 Å². The Kier molecular flexibility index (Phi) is 4.86. The maximum Gasteiger partial charge on any atom is 0.243 e. The van der Waals surface area contributed by atoms with Crippen molar-refractivity contribution in [1.82, 2.24) is 4.31 Å². The standard InChI is InChI=1S/C13H18BrNO3S/c1-18-12-2-4-13(5-3-12)19(16,17)15-8-6-11(10-14)7-9-15/h2-5,11H,6-10H2,1H3. The first-order valence-corrected chi connectivity index (χ1v) is 8.84. The number of alkyl halides is 1. The fraction of sp³-hybridized carbons (Fsp3) is 0.538. The van der Waals surface area contributed by atoms with Gasteiger partial charge in [0.15, 0.2) is 0 Å². The Bertz CT molecular complexity index is 507. The number of halogens is 1. The van der Waals surface area contributed by atoms with Gasteiger partial charge in [0, 0.05) is 18.4 Å². The Labute approximate surface area is 122 Å². The molecule has 0 unspecified atom stereocenters. The van der Waals surface area contributed by atoms with Crippen LogP contribution in [0.2, 0.25) is 0 Å². The summed E-state index contributed by atoms with van der Waals surface area (Å²) in [6.45, 7) is 1.20. The molecule has 0 saturated carbocycles. The van der Waals surface area contributed by atoms with Crippen LogP contribution < -0.4 is 4.74 Å². The number of methoxy groups -OCH3 is 1. The molecule has 2 rings (SSSR count). The maximum absolute atomic E-state index is 12.5. The van der Waals surface area contributed by atoms with Crippen molar-refractivity contribution in [2.45, 2.75) is 17.7 Å². The zero-order valence-electron chi connectivity index (χ0n) is 10.9. The smallest absolute Gasteiger partial charge is 0.243 e. The SMILES string of the molecule is COc1ccc(S(=O)(=O)N2CCC(CBr)CC2)cc1. The topological polar surface area (TPSA) is 46.6 Å². The monoisotopic (exact) mass is 347 g/mol. The average Bonchev–Trinajstić information content (AvgIpc) is 2.47. The van der Waals surface area contributed by atoms with Crippen molar-refractivity contribution < 1.29 is 13.2 Å². The molecule has 1 aromatic carbocycles. The van der Waals surface area contributed by atoms with Crippen molar-refractivity contribution >= 4 is 26.0 Å². The molecule has 1 aliphatic rings.